The molecule has 1 atom stereocenters. The average molecular weight is 336 g/mol. The standard InChI is InChI=1S/C26H24/c1-26(2,3)19-13-12-18(14-19)23-16-25-20-9-5-4-8-17(20)15-24(25)22-11-7-6-10-21(22)23/h4-14,16,18H,15H2,1-3H3. The molecule has 0 spiro atoms. The molecule has 2 aliphatic rings. The Morgan fingerprint density at radius 1 is 0.846 bits per heavy atom. The van der Waals surface area contributed by atoms with E-state index in [0.29, 0.717) is 5.92 Å². The summed E-state index contributed by atoms with van der Waals surface area (Å²) in [5.74, 6) is 0.368. The van der Waals surface area contributed by atoms with Gasteiger partial charge in [-0.05, 0) is 62.1 Å². The molecule has 128 valence electrons. The fraction of sp³-hybridized carbons (Fsp3) is 0.231. The Bertz CT molecular complexity index is 1090. The Morgan fingerprint density at radius 2 is 1.58 bits per heavy atom. The molecule has 0 N–H and O–H groups in total. The maximum atomic E-state index is 2.46. The van der Waals surface area contributed by atoms with E-state index in [0.717, 1.165) is 6.42 Å². The monoisotopic (exact) mass is 336 g/mol. The van der Waals surface area contributed by atoms with Gasteiger partial charge in [-0.15, -0.1) is 0 Å². The normalized spacial score (nSPS) is 18.1. The Labute approximate surface area is 155 Å². The van der Waals surface area contributed by atoms with Crippen LogP contribution < -0.4 is 0 Å². The van der Waals surface area contributed by atoms with Gasteiger partial charge in [0.2, 0.25) is 0 Å². The summed E-state index contributed by atoms with van der Waals surface area (Å²) in [5, 5.41) is 2.82. The lowest BCUT2D eigenvalue weighted by molar-refractivity contribution is 0.517. The van der Waals surface area contributed by atoms with Gasteiger partial charge in [0.25, 0.3) is 0 Å². The zero-order chi connectivity index (χ0) is 17.9. The van der Waals surface area contributed by atoms with Gasteiger partial charge in [-0.1, -0.05) is 87.5 Å². The van der Waals surface area contributed by atoms with E-state index in [1.807, 2.05) is 0 Å². The van der Waals surface area contributed by atoms with Crippen LogP contribution in [0.4, 0.5) is 0 Å². The molecule has 0 heteroatoms. The van der Waals surface area contributed by atoms with Gasteiger partial charge in [-0.3, -0.25) is 0 Å². The Hall–Kier alpha value is -2.60. The van der Waals surface area contributed by atoms with Crippen LogP contribution in [0.3, 0.4) is 0 Å². The van der Waals surface area contributed by atoms with E-state index < -0.39 is 0 Å². The van der Waals surface area contributed by atoms with Crippen LogP contribution in [-0.2, 0) is 6.42 Å². The molecule has 0 aromatic heterocycles. The lowest BCUT2D eigenvalue weighted by Gasteiger charge is -2.19. The highest BCUT2D eigenvalue weighted by Gasteiger charge is 2.26. The fourth-order valence-corrected chi connectivity index (χ4v) is 4.50. The molecule has 0 fully saturated rings. The molecule has 0 heterocycles. The topological polar surface area (TPSA) is 0 Å². The summed E-state index contributed by atoms with van der Waals surface area (Å²) in [5.41, 5.74) is 8.87. The fourth-order valence-electron chi connectivity index (χ4n) is 4.50. The number of hydrogen-bond acceptors (Lipinski definition) is 0. The molecule has 0 bridgehead atoms. The Kier molecular flexibility index (Phi) is 3.28. The van der Waals surface area contributed by atoms with Gasteiger partial charge >= 0.3 is 0 Å². The van der Waals surface area contributed by atoms with Gasteiger partial charge in [0, 0.05) is 5.92 Å². The Balaban J connectivity index is 1.75. The smallest absolute Gasteiger partial charge is 0.0214 e. The van der Waals surface area contributed by atoms with Crippen LogP contribution in [0.5, 0.6) is 0 Å². The molecule has 0 nitrogen and oxygen atoms in total. The molecule has 5 rings (SSSR count). The zero-order valence-corrected chi connectivity index (χ0v) is 15.7. The first kappa shape index (κ1) is 15.6. The maximum Gasteiger partial charge on any atom is 0.0214 e. The van der Waals surface area contributed by atoms with E-state index in [1.165, 1.54) is 44.2 Å². The molecule has 2 aliphatic carbocycles. The van der Waals surface area contributed by atoms with Crippen molar-refractivity contribution in [3.05, 3.63) is 95.1 Å². The third-order valence-corrected chi connectivity index (χ3v) is 5.93. The van der Waals surface area contributed by atoms with Gasteiger partial charge in [0.15, 0.2) is 0 Å². The highest BCUT2D eigenvalue weighted by Crippen LogP contribution is 2.45. The van der Waals surface area contributed by atoms with Crippen LogP contribution in [-0.4, -0.2) is 0 Å². The van der Waals surface area contributed by atoms with Crippen molar-refractivity contribution in [3.63, 3.8) is 0 Å². The molecule has 0 amide bonds. The number of hydrogen-bond donors (Lipinski definition) is 0. The minimum Gasteiger partial charge on any atom is -0.0729 e. The van der Waals surface area contributed by atoms with Crippen molar-refractivity contribution < 1.29 is 0 Å². The van der Waals surface area contributed by atoms with Crippen molar-refractivity contribution in [1.82, 2.24) is 0 Å². The van der Waals surface area contributed by atoms with Crippen molar-refractivity contribution in [2.24, 2.45) is 5.41 Å². The first-order chi connectivity index (χ1) is 12.5. The van der Waals surface area contributed by atoms with Crippen LogP contribution in [0.15, 0.2) is 78.4 Å². The molecule has 0 aliphatic heterocycles. The van der Waals surface area contributed by atoms with Crippen molar-refractivity contribution in [3.8, 4) is 11.1 Å². The van der Waals surface area contributed by atoms with Crippen molar-refractivity contribution >= 4 is 10.8 Å². The molecule has 3 aromatic rings. The average Bonchev–Trinajstić information content (AvgIpc) is 3.26. The molecular formula is C26H24. The summed E-state index contributed by atoms with van der Waals surface area (Å²) >= 11 is 0. The Morgan fingerprint density at radius 3 is 2.35 bits per heavy atom. The maximum absolute atomic E-state index is 2.46. The van der Waals surface area contributed by atoms with Gasteiger partial charge < -0.3 is 0 Å². The molecular weight excluding hydrogens is 312 g/mol. The van der Waals surface area contributed by atoms with E-state index >= 15 is 0 Å². The minimum atomic E-state index is 0.199. The molecule has 1 unspecified atom stereocenters. The molecule has 0 saturated carbocycles. The van der Waals surface area contributed by atoms with Crippen LogP contribution in [0.1, 0.15) is 43.4 Å². The van der Waals surface area contributed by atoms with Crippen LogP contribution in [0.2, 0.25) is 0 Å². The van der Waals surface area contributed by atoms with Gasteiger partial charge in [0.05, 0.1) is 0 Å². The quantitative estimate of drug-likeness (QED) is 0.350. The van der Waals surface area contributed by atoms with Crippen LogP contribution in [0, 0.1) is 5.41 Å². The summed E-state index contributed by atoms with van der Waals surface area (Å²) in [6, 6.07) is 20.3. The second kappa shape index (κ2) is 5.45. The second-order valence-corrected chi connectivity index (χ2v) is 8.63. The molecule has 0 radical (unpaired) electrons. The summed E-state index contributed by atoms with van der Waals surface area (Å²) < 4.78 is 0. The van der Waals surface area contributed by atoms with E-state index in [9.17, 15) is 0 Å². The van der Waals surface area contributed by atoms with Crippen LogP contribution in [0.25, 0.3) is 21.9 Å². The number of fused-ring (bicyclic) bond motifs is 5. The summed E-state index contributed by atoms with van der Waals surface area (Å²) in [6.45, 7) is 6.88. The SMILES string of the molecule is CC(C)(C)C1=CC(c2cc3c(c4ccccc24)Cc2ccccc2-3)C=C1. The lowest BCUT2D eigenvalue weighted by Crippen LogP contribution is -2.06. The van der Waals surface area contributed by atoms with E-state index in [4.69, 9.17) is 0 Å². The van der Waals surface area contributed by atoms with Gasteiger partial charge in [0.1, 0.15) is 0 Å². The van der Waals surface area contributed by atoms with E-state index in [2.05, 4.69) is 93.6 Å². The van der Waals surface area contributed by atoms with Gasteiger partial charge in [-0.25, -0.2) is 0 Å². The largest absolute Gasteiger partial charge is 0.0729 e. The predicted octanol–water partition coefficient (Wildman–Crippen LogP) is 7.04. The van der Waals surface area contributed by atoms with Gasteiger partial charge in [-0.2, -0.15) is 0 Å². The number of rotatable bonds is 1. The second-order valence-electron chi connectivity index (χ2n) is 8.63. The third kappa shape index (κ3) is 2.29. The van der Waals surface area contributed by atoms with Crippen LogP contribution >= 0.6 is 0 Å². The van der Waals surface area contributed by atoms with E-state index in [-0.39, 0.29) is 5.41 Å². The summed E-state index contributed by atoms with van der Waals surface area (Å²) in [6.07, 6.45) is 8.20. The number of benzene rings is 3. The van der Waals surface area contributed by atoms with E-state index in [1.54, 1.807) is 0 Å². The van der Waals surface area contributed by atoms with Crippen molar-refractivity contribution in [2.45, 2.75) is 33.1 Å². The third-order valence-electron chi connectivity index (χ3n) is 5.93. The van der Waals surface area contributed by atoms with Crippen molar-refractivity contribution in [1.29, 1.82) is 0 Å². The minimum absolute atomic E-state index is 0.199. The molecule has 3 aromatic carbocycles. The first-order valence-corrected chi connectivity index (χ1v) is 9.56. The lowest BCUT2D eigenvalue weighted by atomic mass is 9.85. The zero-order valence-electron chi connectivity index (χ0n) is 15.7. The van der Waals surface area contributed by atoms with Crippen molar-refractivity contribution in [2.75, 3.05) is 0 Å². The highest BCUT2D eigenvalue weighted by atomic mass is 14.3. The summed E-state index contributed by atoms with van der Waals surface area (Å²) in [7, 11) is 0. The first-order valence-electron chi connectivity index (χ1n) is 9.56. The molecule has 0 saturated heterocycles. The number of allylic oxidation sites excluding steroid dienone is 4. The predicted molar refractivity (Wildman–Crippen MR) is 112 cm³/mol. The summed E-state index contributed by atoms with van der Waals surface area (Å²) in [4.78, 5) is 0. The molecule has 26 heavy (non-hydrogen) atoms. The highest BCUT2D eigenvalue weighted by molar-refractivity contribution is 5.98.